The van der Waals surface area contributed by atoms with Crippen LogP contribution in [0.15, 0.2) is 0 Å². The van der Waals surface area contributed by atoms with Crippen molar-refractivity contribution in [3.63, 3.8) is 0 Å². The lowest BCUT2D eigenvalue weighted by Gasteiger charge is -2.45. The molecule has 0 fully saturated rings. The minimum atomic E-state index is -1.92. The van der Waals surface area contributed by atoms with Gasteiger partial charge in [0.05, 0.1) is 0 Å². The first-order chi connectivity index (χ1) is 17.4. The third-order valence-corrected chi connectivity index (χ3v) is 56.1. The summed E-state index contributed by atoms with van der Waals surface area (Å²) in [5.74, 6) is 0. The van der Waals surface area contributed by atoms with E-state index < -0.39 is 83.2 Å². The Morgan fingerprint density at radius 3 is 0.463 bits per heavy atom. The topological polar surface area (TPSA) is 46.2 Å². The molecule has 0 aliphatic rings. The van der Waals surface area contributed by atoms with Crippen molar-refractivity contribution in [3.8, 4) is 0 Å². The molecule has 0 aromatic carbocycles. The smallest absolute Gasteiger partial charge is 0.173 e. The van der Waals surface area contributed by atoms with Gasteiger partial charge >= 0.3 is 0 Å². The Kier molecular flexibility index (Phi) is 14.7. The zero-order valence-corrected chi connectivity index (χ0v) is 41.9. The lowest BCUT2D eigenvalue weighted by atomic mass is 11.8. The highest BCUT2D eigenvalue weighted by Gasteiger charge is 2.47. The van der Waals surface area contributed by atoms with E-state index in [1.807, 2.05) is 0 Å². The van der Waals surface area contributed by atoms with Gasteiger partial charge in [-0.1, -0.05) is 0 Å². The maximum Gasteiger partial charge on any atom is 0.173 e. The highest BCUT2D eigenvalue weighted by molar-refractivity contribution is 7.02. The van der Waals surface area contributed by atoms with E-state index in [-0.39, 0.29) is 0 Å². The van der Waals surface area contributed by atoms with E-state index >= 15 is 0 Å². The number of hydrogen-bond donors (Lipinski definition) is 0. The second kappa shape index (κ2) is 14.0. The Labute approximate surface area is 268 Å². The highest BCUT2D eigenvalue weighted by Crippen LogP contribution is 2.35. The van der Waals surface area contributed by atoms with Gasteiger partial charge in [0, 0.05) is 0 Å². The second-order valence-corrected chi connectivity index (χ2v) is 65.9. The van der Waals surface area contributed by atoms with Gasteiger partial charge in [0.1, 0.15) is 0 Å². The fourth-order valence-electron chi connectivity index (χ4n) is 8.29. The molecule has 0 saturated heterocycles. The summed E-state index contributed by atoms with van der Waals surface area (Å²) in [5, 5.41) is 0. The first-order valence-corrected chi connectivity index (χ1v) is 47.6. The van der Waals surface area contributed by atoms with Crippen molar-refractivity contribution in [3.05, 3.63) is 0 Å². The molecule has 41 heavy (non-hydrogen) atoms. The maximum atomic E-state index is 7.26. The molecule has 0 bridgehead atoms. The van der Waals surface area contributed by atoms with E-state index in [1.165, 1.54) is 11.3 Å². The van der Waals surface area contributed by atoms with Crippen LogP contribution in [0.3, 0.4) is 0 Å². The number of rotatable bonds is 18. The summed E-state index contributed by atoms with van der Waals surface area (Å²) in [6.07, 6.45) is 0. The van der Waals surface area contributed by atoms with Crippen molar-refractivity contribution in [2.24, 2.45) is 0 Å². The Hall–Kier alpha value is 1.97. The lowest BCUT2D eigenvalue weighted by molar-refractivity contribution is 0.514. The van der Waals surface area contributed by atoms with E-state index in [1.54, 1.807) is 0 Å². The van der Waals surface area contributed by atoms with Gasteiger partial charge in [0.25, 0.3) is 0 Å². The van der Waals surface area contributed by atoms with Crippen LogP contribution in [0, 0.1) is 0 Å². The van der Waals surface area contributed by atoms with Crippen LogP contribution in [-0.4, -0.2) is 83.2 Å². The van der Waals surface area contributed by atoms with Gasteiger partial charge in [-0.05, 0) is 167 Å². The largest absolute Gasteiger partial charge is 0.456 e. The molecule has 0 amide bonds. The van der Waals surface area contributed by atoms with Crippen LogP contribution in [0.1, 0.15) is 0 Å². The first kappa shape index (κ1) is 43.0. The summed E-state index contributed by atoms with van der Waals surface area (Å²) >= 11 is 0. The average Bonchev–Trinajstić information content (AvgIpc) is 2.37. The normalized spacial score (nSPS) is 16.0. The summed E-state index contributed by atoms with van der Waals surface area (Å²) in [4.78, 5) is 0. The molecule has 0 unspecified atom stereocenters. The molecule has 0 aromatic heterocycles. The minimum Gasteiger partial charge on any atom is -0.456 e. The van der Waals surface area contributed by atoms with Crippen LogP contribution in [0.5, 0.6) is 0 Å². The summed E-state index contributed by atoms with van der Waals surface area (Å²) < 4.78 is 35.0. The molecule has 0 aromatic rings. The van der Waals surface area contributed by atoms with Crippen molar-refractivity contribution >= 4 is 83.2 Å². The minimum absolute atomic E-state index is 1.15. The van der Waals surface area contributed by atoms with E-state index in [9.17, 15) is 0 Å². The third kappa shape index (κ3) is 21.4. The second-order valence-electron chi connectivity index (χ2n) is 19.5. The van der Waals surface area contributed by atoms with Crippen LogP contribution in [-0.2, 0) is 20.6 Å². The van der Waals surface area contributed by atoms with Crippen molar-refractivity contribution in [1.29, 1.82) is 0 Å². The van der Waals surface area contributed by atoms with Crippen LogP contribution in [0.4, 0.5) is 0 Å². The fraction of sp³-hybridized carbons (Fsp3) is 1.00. The average molecular weight is 748 g/mol. The monoisotopic (exact) mass is 746 g/mol. The molecule has 0 aliphatic carbocycles. The van der Waals surface area contributed by atoms with Crippen molar-refractivity contribution in [2.45, 2.75) is 167 Å². The molecule has 0 aliphatic heterocycles. The molecular formula is C26H74O5Si10. The zero-order valence-electron chi connectivity index (χ0n) is 31.9. The standard InChI is InChI=1S/C26H74O5Si10/c1-32(2,3)27-34(7,8)23-36(11,12)29-38(15,16)25-40(19,20)31-41(21,22)26-39(17,18)30-37(13,14)24-35(9,10)28-33(4,5)6/h23-26H2,1-22H3. The van der Waals surface area contributed by atoms with Gasteiger partial charge in [0.2, 0.25) is 0 Å². The Bertz CT molecular complexity index is 777. The highest BCUT2D eigenvalue weighted by atomic mass is 28.5. The van der Waals surface area contributed by atoms with Gasteiger partial charge in [-0.2, -0.15) is 0 Å². The van der Waals surface area contributed by atoms with Crippen molar-refractivity contribution < 1.29 is 20.6 Å². The molecule has 0 heterocycles. The Morgan fingerprint density at radius 1 is 0.220 bits per heavy atom. The quantitative estimate of drug-likeness (QED) is 0.131. The number of hydrogen-bond acceptors (Lipinski definition) is 5. The fourth-order valence-corrected chi connectivity index (χ4v) is 79.8. The van der Waals surface area contributed by atoms with Crippen LogP contribution >= 0.6 is 0 Å². The molecule has 0 atom stereocenters. The predicted molar refractivity (Wildman–Crippen MR) is 211 cm³/mol. The van der Waals surface area contributed by atoms with Crippen LogP contribution in [0.25, 0.3) is 0 Å². The summed E-state index contributed by atoms with van der Waals surface area (Å²) in [6, 6.07) is 0. The maximum absolute atomic E-state index is 7.26. The molecular weight excluding hydrogens is 673 g/mol. The first-order valence-electron chi connectivity index (χ1n) is 15.9. The summed E-state index contributed by atoms with van der Waals surface area (Å²) in [5.41, 5.74) is 4.65. The third-order valence-electron chi connectivity index (χ3n) is 6.23. The van der Waals surface area contributed by atoms with Gasteiger partial charge in [-0.15, -0.1) is 0 Å². The summed E-state index contributed by atoms with van der Waals surface area (Å²) in [6.45, 7) is 52.7. The van der Waals surface area contributed by atoms with E-state index in [2.05, 4.69) is 144 Å². The molecule has 0 radical (unpaired) electrons. The molecule has 5 nitrogen and oxygen atoms in total. The van der Waals surface area contributed by atoms with Gasteiger partial charge in [-0.3, -0.25) is 0 Å². The molecule has 0 rings (SSSR count). The lowest BCUT2D eigenvalue weighted by Crippen LogP contribution is -2.58. The van der Waals surface area contributed by atoms with E-state index in [0.717, 1.165) is 11.3 Å². The van der Waals surface area contributed by atoms with E-state index in [4.69, 9.17) is 20.6 Å². The van der Waals surface area contributed by atoms with Crippen LogP contribution in [0.2, 0.25) is 167 Å². The molecule has 0 saturated carbocycles. The molecule has 248 valence electrons. The van der Waals surface area contributed by atoms with E-state index in [0.29, 0.717) is 0 Å². The SMILES string of the molecule is C[Si](C)(C)O[Si](C)(C)C[Si](C)(C)O[Si](C)(C)C[Si](C)(C)O[Si](C)(C)C[Si](C)(C)O[Si](C)(C)C[Si](C)(C)O[Si](C)(C)C. The van der Waals surface area contributed by atoms with Crippen molar-refractivity contribution in [1.82, 2.24) is 0 Å². The zero-order chi connectivity index (χ0) is 33.4. The predicted octanol–water partition coefficient (Wildman–Crippen LogP) is 10.5. The van der Waals surface area contributed by atoms with Crippen LogP contribution < -0.4 is 0 Å². The Balaban J connectivity index is 5.43. The van der Waals surface area contributed by atoms with Gasteiger partial charge < -0.3 is 20.6 Å². The molecule has 0 spiro atoms. The van der Waals surface area contributed by atoms with Crippen molar-refractivity contribution in [2.75, 3.05) is 0 Å². The Morgan fingerprint density at radius 2 is 0.341 bits per heavy atom. The van der Waals surface area contributed by atoms with Gasteiger partial charge in [0.15, 0.2) is 83.2 Å². The molecule has 15 heteroatoms. The van der Waals surface area contributed by atoms with Gasteiger partial charge in [-0.25, -0.2) is 0 Å². The summed E-state index contributed by atoms with van der Waals surface area (Å²) in [7, 11) is -17.9. The molecule has 0 N–H and O–H groups in total.